The maximum absolute atomic E-state index is 12.0. The van der Waals surface area contributed by atoms with E-state index in [2.05, 4.69) is 5.32 Å². The normalized spacial score (nSPS) is 12.1. The number of carbonyl (C=O) groups is 1. The van der Waals surface area contributed by atoms with Gasteiger partial charge in [-0.05, 0) is 24.1 Å². The zero-order chi connectivity index (χ0) is 14.4. The Balaban J connectivity index is 1.97. The predicted octanol–water partition coefficient (Wildman–Crippen LogP) is 1.07. The van der Waals surface area contributed by atoms with E-state index in [4.69, 9.17) is 10.2 Å². The summed E-state index contributed by atoms with van der Waals surface area (Å²) in [5.74, 6) is 0.412. The minimum absolute atomic E-state index is 0.134. The van der Waals surface area contributed by atoms with E-state index in [-0.39, 0.29) is 30.9 Å². The molecule has 0 bridgehead atoms. The van der Waals surface area contributed by atoms with Crippen molar-refractivity contribution < 1.29 is 14.3 Å². The van der Waals surface area contributed by atoms with Crippen LogP contribution in [-0.4, -0.2) is 23.7 Å². The number of aliphatic hydroxyl groups excluding tert-OH is 1. The van der Waals surface area contributed by atoms with E-state index in [1.54, 1.807) is 12.1 Å². The van der Waals surface area contributed by atoms with Gasteiger partial charge >= 0.3 is 0 Å². The highest BCUT2D eigenvalue weighted by atomic mass is 16.4. The Hall–Kier alpha value is -2.11. The molecular weight excluding hydrogens is 256 g/mol. The number of nitrogens with one attached hydrogen (secondary N) is 1. The number of benzene rings is 1. The average Bonchev–Trinajstić information content (AvgIpc) is 2.96. The SMILES string of the molecule is NCc1ccc(C(=O)N[C@@H](CO)Cc2ccccc2)o1. The first-order chi connectivity index (χ1) is 9.72. The van der Waals surface area contributed by atoms with Crippen molar-refractivity contribution in [2.45, 2.75) is 19.0 Å². The van der Waals surface area contributed by atoms with Gasteiger partial charge in [-0.1, -0.05) is 30.3 Å². The smallest absolute Gasteiger partial charge is 0.287 e. The number of nitrogens with two attached hydrogens (primary N) is 1. The molecular formula is C15H18N2O3. The van der Waals surface area contributed by atoms with Gasteiger partial charge in [-0.25, -0.2) is 0 Å². The molecule has 0 spiro atoms. The van der Waals surface area contributed by atoms with Crippen LogP contribution in [0.5, 0.6) is 0 Å². The van der Waals surface area contributed by atoms with Crippen molar-refractivity contribution in [2.24, 2.45) is 5.73 Å². The number of aliphatic hydroxyl groups is 1. The van der Waals surface area contributed by atoms with Crippen LogP contribution in [0.4, 0.5) is 0 Å². The van der Waals surface area contributed by atoms with Gasteiger partial charge in [-0.15, -0.1) is 0 Å². The fraction of sp³-hybridized carbons (Fsp3) is 0.267. The summed E-state index contributed by atoms with van der Waals surface area (Å²) >= 11 is 0. The van der Waals surface area contributed by atoms with Gasteiger partial charge in [0.2, 0.25) is 0 Å². The van der Waals surface area contributed by atoms with E-state index in [1.165, 1.54) is 0 Å². The molecule has 0 saturated heterocycles. The van der Waals surface area contributed by atoms with Crippen molar-refractivity contribution in [1.29, 1.82) is 0 Å². The molecule has 1 aromatic heterocycles. The molecule has 0 saturated carbocycles. The van der Waals surface area contributed by atoms with Gasteiger partial charge in [0.15, 0.2) is 5.76 Å². The summed E-state index contributed by atoms with van der Waals surface area (Å²) < 4.78 is 5.27. The average molecular weight is 274 g/mol. The standard InChI is InChI=1S/C15H18N2O3/c16-9-13-6-7-14(20-13)15(19)17-12(10-18)8-11-4-2-1-3-5-11/h1-7,12,18H,8-10,16H2,(H,17,19)/t12-/m1/s1. The molecule has 0 radical (unpaired) electrons. The van der Waals surface area contributed by atoms with E-state index in [0.717, 1.165) is 5.56 Å². The van der Waals surface area contributed by atoms with Gasteiger partial charge < -0.3 is 20.6 Å². The number of amides is 1. The number of carbonyl (C=O) groups excluding carboxylic acids is 1. The third-order valence-corrected chi connectivity index (χ3v) is 2.97. The van der Waals surface area contributed by atoms with Crippen LogP contribution < -0.4 is 11.1 Å². The molecule has 1 heterocycles. The third-order valence-electron chi connectivity index (χ3n) is 2.97. The Morgan fingerprint density at radius 2 is 2.00 bits per heavy atom. The molecule has 1 amide bonds. The molecule has 5 nitrogen and oxygen atoms in total. The number of rotatable bonds is 6. The number of hydrogen-bond donors (Lipinski definition) is 3. The van der Waals surface area contributed by atoms with Gasteiger partial charge in [-0.3, -0.25) is 4.79 Å². The summed E-state index contributed by atoms with van der Waals surface area (Å²) in [7, 11) is 0. The molecule has 5 heteroatoms. The highest BCUT2D eigenvalue weighted by Gasteiger charge is 2.16. The van der Waals surface area contributed by atoms with E-state index in [0.29, 0.717) is 12.2 Å². The van der Waals surface area contributed by atoms with Crippen LogP contribution in [0.1, 0.15) is 21.9 Å². The van der Waals surface area contributed by atoms with Crippen LogP contribution in [0.15, 0.2) is 46.9 Å². The van der Waals surface area contributed by atoms with Crippen LogP contribution in [0.25, 0.3) is 0 Å². The summed E-state index contributed by atoms with van der Waals surface area (Å²) in [4.78, 5) is 12.0. The molecule has 0 aliphatic carbocycles. The molecule has 4 N–H and O–H groups in total. The first kappa shape index (κ1) is 14.3. The zero-order valence-electron chi connectivity index (χ0n) is 11.1. The molecule has 0 fully saturated rings. The van der Waals surface area contributed by atoms with E-state index >= 15 is 0 Å². The Morgan fingerprint density at radius 1 is 1.25 bits per heavy atom. The van der Waals surface area contributed by atoms with Crippen molar-refractivity contribution in [3.8, 4) is 0 Å². The molecule has 0 aliphatic rings. The van der Waals surface area contributed by atoms with Crippen LogP contribution in [0.3, 0.4) is 0 Å². The number of hydrogen-bond acceptors (Lipinski definition) is 4. The van der Waals surface area contributed by atoms with Gasteiger partial charge in [0, 0.05) is 0 Å². The fourth-order valence-electron chi connectivity index (χ4n) is 1.93. The van der Waals surface area contributed by atoms with Crippen LogP contribution in [-0.2, 0) is 13.0 Å². The Kier molecular flexibility index (Phi) is 4.92. The Bertz CT molecular complexity index is 551. The Labute approximate surface area is 117 Å². The van der Waals surface area contributed by atoms with Crippen molar-refractivity contribution >= 4 is 5.91 Å². The molecule has 0 aliphatic heterocycles. The topological polar surface area (TPSA) is 88.5 Å². The molecule has 2 aromatic rings. The zero-order valence-corrected chi connectivity index (χ0v) is 11.1. The molecule has 106 valence electrons. The van der Waals surface area contributed by atoms with Crippen LogP contribution >= 0.6 is 0 Å². The summed E-state index contributed by atoms with van der Waals surface area (Å²) in [6.45, 7) is 0.117. The van der Waals surface area contributed by atoms with Crippen molar-refractivity contribution in [1.82, 2.24) is 5.32 Å². The maximum atomic E-state index is 12.0. The van der Waals surface area contributed by atoms with Crippen molar-refractivity contribution in [2.75, 3.05) is 6.61 Å². The first-order valence-corrected chi connectivity index (χ1v) is 6.47. The van der Waals surface area contributed by atoms with Gasteiger partial charge in [0.25, 0.3) is 5.91 Å². The molecule has 2 rings (SSSR count). The highest BCUT2D eigenvalue weighted by Crippen LogP contribution is 2.08. The largest absolute Gasteiger partial charge is 0.455 e. The monoisotopic (exact) mass is 274 g/mol. The van der Waals surface area contributed by atoms with E-state index in [9.17, 15) is 9.90 Å². The number of furan rings is 1. The molecule has 1 atom stereocenters. The van der Waals surface area contributed by atoms with Gasteiger partial charge in [-0.2, -0.15) is 0 Å². The predicted molar refractivity (Wildman–Crippen MR) is 75.1 cm³/mol. The lowest BCUT2D eigenvalue weighted by atomic mass is 10.1. The lowest BCUT2D eigenvalue weighted by molar-refractivity contribution is 0.0886. The highest BCUT2D eigenvalue weighted by molar-refractivity contribution is 5.91. The second-order valence-electron chi connectivity index (χ2n) is 4.51. The van der Waals surface area contributed by atoms with Gasteiger partial charge in [0.1, 0.15) is 5.76 Å². The minimum Gasteiger partial charge on any atom is -0.455 e. The summed E-state index contributed by atoms with van der Waals surface area (Å²) in [5.41, 5.74) is 6.48. The van der Waals surface area contributed by atoms with Crippen molar-refractivity contribution in [3.63, 3.8) is 0 Å². The third kappa shape index (κ3) is 3.69. The maximum Gasteiger partial charge on any atom is 0.287 e. The van der Waals surface area contributed by atoms with Gasteiger partial charge in [0.05, 0.1) is 19.2 Å². The fourth-order valence-corrected chi connectivity index (χ4v) is 1.93. The van der Waals surface area contributed by atoms with E-state index in [1.807, 2.05) is 30.3 Å². The second kappa shape index (κ2) is 6.88. The van der Waals surface area contributed by atoms with Crippen LogP contribution in [0.2, 0.25) is 0 Å². The van der Waals surface area contributed by atoms with E-state index < -0.39 is 0 Å². The summed E-state index contributed by atoms with van der Waals surface area (Å²) in [6, 6.07) is 12.6. The minimum atomic E-state index is -0.351. The molecule has 1 aromatic carbocycles. The summed E-state index contributed by atoms with van der Waals surface area (Å²) in [6.07, 6.45) is 0.563. The first-order valence-electron chi connectivity index (χ1n) is 6.47. The Morgan fingerprint density at radius 3 is 2.60 bits per heavy atom. The molecule has 20 heavy (non-hydrogen) atoms. The second-order valence-corrected chi connectivity index (χ2v) is 4.51. The quantitative estimate of drug-likeness (QED) is 0.735. The molecule has 0 unspecified atom stereocenters. The van der Waals surface area contributed by atoms with Crippen LogP contribution in [0, 0.1) is 0 Å². The summed E-state index contributed by atoms with van der Waals surface area (Å²) in [5, 5.41) is 12.1. The lowest BCUT2D eigenvalue weighted by Gasteiger charge is -2.15. The van der Waals surface area contributed by atoms with Crippen molar-refractivity contribution in [3.05, 3.63) is 59.5 Å². The lowest BCUT2D eigenvalue weighted by Crippen LogP contribution is -2.38.